The van der Waals surface area contributed by atoms with Gasteiger partial charge in [-0.05, 0) is 51.5 Å². The minimum Gasteiger partial charge on any atom is -0.349 e. The van der Waals surface area contributed by atoms with Crippen LogP contribution in [0.15, 0.2) is 0 Å². The molecule has 192 valence electrons. The molecule has 2 saturated heterocycles. The van der Waals surface area contributed by atoms with Crippen LogP contribution in [0, 0.1) is 5.92 Å². The molecule has 0 spiro atoms. The number of hydrogen-bond acceptors (Lipinski definition) is 7. The van der Waals surface area contributed by atoms with Gasteiger partial charge < -0.3 is 5.32 Å². The van der Waals surface area contributed by atoms with Gasteiger partial charge >= 0.3 is 12.5 Å². The van der Waals surface area contributed by atoms with Gasteiger partial charge in [-0.2, -0.15) is 13.2 Å². The molecule has 33 heavy (non-hydrogen) atoms. The first-order valence-corrected chi connectivity index (χ1v) is 12.0. The Morgan fingerprint density at radius 2 is 1.88 bits per heavy atom. The second-order valence-corrected chi connectivity index (χ2v) is 10.4. The summed E-state index contributed by atoms with van der Waals surface area (Å²) in [5, 5.41) is 4.96. The van der Waals surface area contributed by atoms with Gasteiger partial charge in [0.05, 0.1) is 24.9 Å². The minimum absolute atomic E-state index is 0.00271. The predicted octanol–water partition coefficient (Wildman–Crippen LogP) is 2.65. The van der Waals surface area contributed by atoms with E-state index in [0.29, 0.717) is 13.1 Å². The molecule has 14 heteroatoms. The number of hydrazine groups is 1. The number of carbonyl (C=O) groups excluding carboxylic acids is 1. The van der Waals surface area contributed by atoms with E-state index in [0.717, 1.165) is 0 Å². The molecule has 3 rings (SSSR count). The number of nitrogens with one attached hydrogen (secondary N) is 4. The average molecular weight is 508 g/mol. The number of halogens is 6. The standard InChI is InChI=1S/C19H31F6N5O2S/c1-10(33-17-29-26-9-30(17)2)11-6-7-14(32-19(23,24)25)13(8-11)28-16(31)12-4-3-5-15(27-12)18(20,21)22/h10-15,17,26-27,29H,3-9H2,1-2H3,(H,28,31). The van der Waals surface area contributed by atoms with Crippen LogP contribution in [0.25, 0.3) is 0 Å². The minimum atomic E-state index is -4.87. The Bertz CT molecular complexity index is 670. The van der Waals surface area contributed by atoms with Crippen LogP contribution < -0.4 is 21.5 Å². The Kier molecular flexibility index (Phi) is 8.82. The maximum Gasteiger partial charge on any atom is 0.522 e. The van der Waals surface area contributed by atoms with Crippen molar-refractivity contribution < 1.29 is 35.9 Å². The second-order valence-electron chi connectivity index (χ2n) is 8.96. The van der Waals surface area contributed by atoms with Crippen molar-refractivity contribution >= 4 is 17.7 Å². The topological polar surface area (TPSA) is 77.7 Å². The molecule has 0 radical (unpaired) electrons. The van der Waals surface area contributed by atoms with Crippen molar-refractivity contribution in [2.24, 2.45) is 5.92 Å². The lowest BCUT2D eigenvalue weighted by Crippen LogP contribution is -2.59. The summed E-state index contributed by atoms with van der Waals surface area (Å²) in [5.74, 6) is -0.710. The maximum absolute atomic E-state index is 13.1. The van der Waals surface area contributed by atoms with Crippen molar-refractivity contribution in [3.8, 4) is 0 Å². The summed E-state index contributed by atoms with van der Waals surface area (Å²) in [6.07, 6.45) is -9.54. The molecule has 3 fully saturated rings. The SMILES string of the molecule is CC(SC1NNCN1C)C1CCC(OC(F)(F)F)C(NC(=O)C2CCCC(C(F)(F)F)N2)C1. The Balaban J connectivity index is 1.64. The van der Waals surface area contributed by atoms with Crippen molar-refractivity contribution in [2.45, 2.75) is 93.0 Å². The average Bonchev–Trinajstić information content (AvgIpc) is 3.12. The molecule has 0 aromatic carbocycles. The highest BCUT2D eigenvalue weighted by Gasteiger charge is 2.45. The van der Waals surface area contributed by atoms with Gasteiger partial charge in [0, 0.05) is 5.25 Å². The quantitative estimate of drug-likeness (QED) is 0.412. The number of amides is 1. The monoisotopic (exact) mass is 507 g/mol. The van der Waals surface area contributed by atoms with Crippen LogP contribution >= 0.6 is 11.8 Å². The van der Waals surface area contributed by atoms with E-state index in [9.17, 15) is 31.1 Å². The summed E-state index contributed by atoms with van der Waals surface area (Å²) in [6.45, 7) is 2.64. The number of nitrogens with zero attached hydrogens (tertiary/aromatic N) is 1. The fraction of sp³-hybridized carbons (Fsp3) is 0.947. The van der Waals surface area contributed by atoms with Crippen molar-refractivity contribution in [3.05, 3.63) is 0 Å². The smallest absolute Gasteiger partial charge is 0.349 e. The molecule has 7 unspecified atom stereocenters. The van der Waals surface area contributed by atoms with Crippen LogP contribution in [0.2, 0.25) is 0 Å². The first kappa shape index (κ1) is 26.8. The molecule has 1 aliphatic carbocycles. The summed E-state index contributed by atoms with van der Waals surface area (Å²) < 4.78 is 82.4. The Morgan fingerprint density at radius 1 is 1.15 bits per heavy atom. The maximum atomic E-state index is 13.1. The van der Waals surface area contributed by atoms with Crippen LogP contribution in [-0.4, -0.2) is 72.0 Å². The van der Waals surface area contributed by atoms with Crippen molar-refractivity contribution in [2.75, 3.05) is 13.7 Å². The van der Waals surface area contributed by atoms with E-state index in [1.807, 2.05) is 18.9 Å². The molecule has 4 N–H and O–H groups in total. The summed E-state index contributed by atoms with van der Waals surface area (Å²) >= 11 is 1.63. The van der Waals surface area contributed by atoms with Crippen LogP contribution in [0.1, 0.15) is 45.4 Å². The summed E-state index contributed by atoms with van der Waals surface area (Å²) in [4.78, 5) is 14.8. The van der Waals surface area contributed by atoms with E-state index in [-0.39, 0.29) is 48.8 Å². The van der Waals surface area contributed by atoms with E-state index >= 15 is 0 Å². The normalized spacial score (nSPS) is 35.4. The molecule has 3 aliphatic rings. The molecule has 7 nitrogen and oxygen atoms in total. The van der Waals surface area contributed by atoms with E-state index in [2.05, 4.69) is 26.2 Å². The fourth-order valence-corrected chi connectivity index (χ4v) is 5.96. The Labute approximate surface area is 193 Å². The van der Waals surface area contributed by atoms with Crippen LogP contribution in [0.5, 0.6) is 0 Å². The molecule has 2 heterocycles. The zero-order chi connectivity index (χ0) is 24.4. The van der Waals surface area contributed by atoms with Gasteiger partial charge in [0.25, 0.3) is 0 Å². The van der Waals surface area contributed by atoms with E-state index in [4.69, 9.17) is 0 Å². The van der Waals surface area contributed by atoms with E-state index in [1.54, 1.807) is 11.8 Å². The van der Waals surface area contributed by atoms with Crippen molar-refractivity contribution in [3.63, 3.8) is 0 Å². The number of piperidine rings is 1. The number of alkyl halides is 6. The molecule has 2 aliphatic heterocycles. The molecule has 0 bridgehead atoms. The third-order valence-corrected chi connectivity index (χ3v) is 8.05. The fourth-order valence-electron chi connectivity index (χ4n) is 4.65. The van der Waals surface area contributed by atoms with Gasteiger partial charge in [-0.3, -0.25) is 19.7 Å². The predicted molar refractivity (Wildman–Crippen MR) is 111 cm³/mol. The largest absolute Gasteiger partial charge is 0.522 e. The lowest BCUT2D eigenvalue weighted by atomic mass is 9.81. The first-order valence-electron chi connectivity index (χ1n) is 11.0. The molecule has 7 atom stereocenters. The molecule has 1 saturated carbocycles. The lowest BCUT2D eigenvalue weighted by molar-refractivity contribution is -0.348. The molecule has 0 aromatic heterocycles. The van der Waals surface area contributed by atoms with Gasteiger partial charge in [0.1, 0.15) is 11.5 Å². The number of carbonyl (C=O) groups is 1. The Hall–Kier alpha value is -0.800. The molecule has 1 amide bonds. The highest BCUT2D eigenvalue weighted by atomic mass is 32.2. The van der Waals surface area contributed by atoms with Crippen molar-refractivity contribution in [1.29, 1.82) is 0 Å². The van der Waals surface area contributed by atoms with Crippen LogP contribution in [0.4, 0.5) is 26.3 Å². The third kappa shape index (κ3) is 7.59. The van der Waals surface area contributed by atoms with Gasteiger partial charge in [-0.25, -0.2) is 10.9 Å². The number of ether oxygens (including phenoxy) is 1. The zero-order valence-electron chi connectivity index (χ0n) is 18.4. The highest BCUT2D eigenvalue weighted by Crippen LogP contribution is 2.38. The first-order chi connectivity index (χ1) is 15.3. The number of hydrogen-bond donors (Lipinski definition) is 4. The molecule has 0 aromatic rings. The van der Waals surface area contributed by atoms with E-state index in [1.165, 1.54) is 0 Å². The lowest BCUT2D eigenvalue weighted by Gasteiger charge is -2.40. The Morgan fingerprint density at radius 3 is 2.48 bits per heavy atom. The van der Waals surface area contributed by atoms with Gasteiger partial charge in [-0.1, -0.05) is 6.92 Å². The van der Waals surface area contributed by atoms with Gasteiger partial charge in [-0.15, -0.1) is 24.9 Å². The van der Waals surface area contributed by atoms with Crippen molar-refractivity contribution in [1.82, 2.24) is 26.4 Å². The van der Waals surface area contributed by atoms with Crippen LogP contribution in [-0.2, 0) is 9.53 Å². The summed E-state index contributed by atoms with van der Waals surface area (Å²) in [7, 11) is 1.93. The number of thioether (sulfide) groups is 1. The summed E-state index contributed by atoms with van der Waals surface area (Å²) in [5.41, 5.74) is 6.13. The van der Waals surface area contributed by atoms with E-state index < -0.39 is 42.7 Å². The van der Waals surface area contributed by atoms with Gasteiger partial charge in [0.2, 0.25) is 5.91 Å². The highest BCUT2D eigenvalue weighted by molar-refractivity contribution is 8.00. The third-order valence-electron chi connectivity index (χ3n) is 6.50. The summed E-state index contributed by atoms with van der Waals surface area (Å²) in [6, 6.07) is -3.85. The van der Waals surface area contributed by atoms with Crippen LogP contribution in [0.3, 0.4) is 0 Å². The molecular formula is C19H31F6N5O2S. The molecular weight excluding hydrogens is 476 g/mol. The van der Waals surface area contributed by atoms with Gasteiger partial charge in [0.15, 0.2) is 0 Å². The second kappa shape index (κ2) is 10.9. The number of rotatable bonds is 6. The zero-order valence-corrected chi connectivity index (χ0v) is 19.2.